The van der Waals surface area contributed by atoms with E-state index >= 15 is 0 Å². The first-order valence-electron chi connectivity index (χ1n) is 8.57. The van der Waals surface area contributed by atoms with Crippen molar-refractivity contribution >= 4 is 17.5 Å². The molecule has 1 aromatic heterocycles. The lowest BCUT2D eigenvalue weighted by atomic mass is 10.1. The summed E-state index contributed by atoms with van der Waals surface area (Å²) in [5, 5.41) is 3.41. The zero-order valence-corrected chi connectivity index (χ0v) is 14.4. The molecule has 6 nitrogen and oxygen atoms in total. The molecule has 1 amide bonds. The van der Waals surface area contributed by atoms with Crippen LogP contribution in [0.2, 0.25) is 0 Å². The molecule has 1 aromatic rings. The normalized spacial score (nSPS) is 22.6. The second kappa shape index (κ2) is 6.34. The molecule has 2 saturated heterocycles. The summed E-state index contributed by atoms with van der Waals surface area (Å²) in [5.41, 5.74) is -0.127. The molecule has 0 aromatic carbocycles. The lowest BCUT2D eigenvalue weighted by molar-refractivity contribution is -0.131. The van der Waals surface area contributed by atoms with Crippen LogP contribution in [-0.4, -0.2) is 52.0 Å². The minimum absolute atomic E-state index is 0.117. The van der Waals surface area contributed by atoms with Crippen molar-refractivity contribution in [2.45, 2.75) is 58.0 Å². The Kier molecular flexibility index (Phi) is 4.41. The average molecular weight is 317 g/mol. The van der Waals surface area contributed by atoms with Crippen molar-refractivity contribution < 1.29 is 4.79 Å². The summed E-state index contributed by atoms with van der Waals surface area (Å²) in [7, 11) is 0. The van der Waals surface area contributed by atoms with Crippen LogP contribution in [0.1, 0.15) is 46.5 Å². The van der Waals surface area contributed by atoms with Crippen LogP contribution in [0.15, 0.2) is 12.4 Å². The monoisotopic (exact) mass is 317 g/mol. The Morgan fingerprint density at radius 1 is 1.17 bits per heavy atom. The predicted molar refractivity (Wildman–Crippen MR) is 91.6 cm³/mol. The van der Waals surface area contributed by atoms with Crippen LogP contribution in [0.4, 0.5) is 11.6 Å². The molecule has 3 rings (SSSR count). The third kappa shape index (κ3) is 3.74. The Hall–Kier alpha value is -1.85. The number of carbonyl (C=O) groups excluding carboxylic acids is 1. The van der Waals surface area contributed by atoms with Gasteiger partial charge in [0, 0.05) is 37.7 Å². The second-order valence-corrected chi connectivity index (χ2v) is 7.53. The molecule has 2 aliphatic rings. The number of carbonyl (C=O) groups is 1. The number of amides is 1. The van der Waals surface area contributed by atoms with Crippen molar-refractivity contribution in [2.24, 2.45) is 0 Å². The number of aromatic nitrogens is 2. The number of nitrogens with one attached hydrogen (secondary N) is 1. The molecule has 0 aliphatic carbocycles. The van der Waals surface area contributed by atoms with Crippen LogP contribution in [0.3, 0.4) is 0 Å². The maximum absolute atomic E-state index is 12.2. The van der Waals surface area contributed by atoms with Crippen LogP contribution < -0.4 is 10.2 Å². The fourth-order valence-electron chi connectivity index (χ4n) is 3.38. The Morgan fingerprint density at radius 3 is 2.57 bits per heavy atom. The molecule has 1 N–H and O–H groups in total. The standard InChI is InChI=1S/C17H27N5O/c1-17(2,3)22-11-13(9-16(22)23)20-14-10-15(19-12-18-14)21-7-5-4-6-8-21/h10,12-13H,4-9,11H2,1-3H3,(H,18,19,20). The fraction of sp³-hybridized carbons (Fsp3) is 0.706. The van der Waals surface area contributed by atoms with Gasteiger partial charge in [-0.05, 0) is 40.0 Å². The highest BCUT2D eigenvalue weighted by Gasteiger charge is 2.36. The molecule has 0 saturated carbocycles. The summed E-state index contributed by atoms with van der Waals surface area (Å²) in [5.74, 6) is 2.01. The molecule has 3 heterocycles. The van der Waals surface area contributed by atoms with E-state index in [-0.39, 0.29) is 17.5 Å². The average Bonchev–Trinajstić information content (AvgIpc) is 2.89. The molecule has 6 heteroatoms. The first-order valence-corrected chi connectivity index (χ1v) is 8.57. The smallest absolute Gasteiger partial charge is 0.225 e. The van der Waals surface area contributed by atoms with E-state index in [0.29, 0.717) is 6.42 Å². The number of rotatable bonds is 3. The Morgan fingerprint density at radius 2 is 1.91 bits per heavy atom. The van der Waals surface area contributed by atoms with Gasteiger partial charge in [0.05, 0.1) is 6.04 Å². The van der Waals surface area contributed by atoms with Gasteiger partial charge in [-0.15, -0.1) is 0 Å². The van der Waals surface area contributed by atoms with Gasteiger partial charge in [-0.25, -0.2) is 9.97 Å². The van der Waals surface area contributed by atoms with Crippen molar-refractivity contribution in [2.75, 3.05) is 29.9 Å². The molecular weight excluding hydrogens is 290 g/mol. The number of nitrogens with zero attached hydrogens (tertiary/aromatic N) is 4. The van der Waals surface area contributed by atoms with Gasteiger partial charge in [-0.1, -0.05) is 0 Å². The van der Waals surface area contributed by atoms with E-state index in [1.165, 1.54) is 19.3 Å². The van der Waals surface area contributed by atoms with Crippen LogP contribution in [0.5, 0.6) is 0 Å². The molecule has 2 fully saturated rings. The van der Waals surface area contributed by atoms with Crippen molar-refractivity contribution in [3.63, 3.8) is 0 Å². The lowest BCUT2D eigenvalue weighted by Gasteiger charge is -2.32. The number of piperidine rings is 1. The van der Waals surface area contributed by atoms with Gasteiger partial charge < -0.3 is 15.1 Å². The topological polar surface area (TPSA) is 61.4 Å². The minimum atomic E-state index is -0.127. The lowest BCUT2D eigenvalue weighted by Crippen LogP contribution is -2.43. The van der Waals surface area contributed by atoms with Gasteiger partial charge in [0.2, 0.25) is 5.91 Å². The molecule has 1 atom stereocenters. The Labute approximate surface area is 138 Å². The highest BCUT2D eigenvalue weighted by atomic mass is 16.2. The molecule has 0 bridgehead atoms. The molecule has 0 spiro atoms. The molecule has 126 valence electrons. The van der Waals surface area contributed by atoms with Gasteiger partial charge in [-0.2, -0.15) is 0 Å². The number of hydrogen-bond donors (Lipinski definition) is 1. The van der Waals surface area contributed by atoms with Gasteiger partial charge >= 0.3 is 0 Å². The van der Waals surface area contributed by atoms with E-state index in [0.717, 1.165) is 31.3 Å². The van der Waals surface area contributed by atoms with Crippen molar-refractivity contribution in [1.29, 1.82) is 0 Å². The highest BCUT2D eigenvalue weighted by Crippen LogP contribution is 2.25. The number of likely N-dealkylation sites (tertiary alicyclic amines) is 1. The number of anilines is 2. The first kappa shape index (κ1) is 16.0. The Balaban J connectivity index is 1.66. The van der Waals surface area contributed by atoms with Crippen LogP contribution in [0, 0.1) is 0 Å². The van der Waals surface area contributed by atoms with Gasteiger partial charge in [-0.3, -0.25) is 4.79 Å². The second-order valence-electron chi connectivity index (χ2n) is 7.53. The van der Waals surface area contributed by atoms with Crippen LogP contribution in [-0.2, 0) is 4.79 Å². The van der Waals surface area contributed by atoms with E-state index in [4.69, 9.17) is 0 Å². The summed E-state index contributed by atoms with van der Waals surface area (Å²) in [4.78, 5) is 25.2. The molecular formula is C17H27N5O. The van der Waals surface area contributed by atoms with E-state index in [2.05, 4.69) is 41.0 Å². The van der Waals surface area contributed by atoms with E-state index in [9.17, 15) is 4.79 Å². The summed E-state index contributed by atoms with van der Waals surface area (Å²) >= 11 is 0. The SMILES string of the molecule is CC(C)(C)N1CC(Nc2cc(N3CCCCC3)ncn2)CC1=O. The van der Waals surface area contributed by atoms with Crippen molar-refractivity contribution in [3.8, 4) is 0 Å². The summed E-state index contributed by atoms with van der Waals surface area (Å²) in [6.45, 7) is 9.09. The van der Waals surface area contributed by atoms with Crippen LogP contribution in [0.25, 0.3) is 0 Å². The number of hydrogen-bond acceptors (Lipinski definition) is 5. The zero-order chi connectivity index (χ0) is 16.4. The van der Waals surface area contributed by atoms with Crippen LogP contribution >= 0.6 is 0 Å². The highest BCUT2D eigenvalue weighted by molar-refractivity contribution is 5.80. The third-order valence-corrected chi connectivity index (χ3v) is 4.62. The summed E-state index contributed by atoms with van der Waals surface area (Å²) in [6.07, 6.45) is 5.90. The predicted octanol–water partition coefficient (Wildman–Crippen LogP) is 2.28. The van der Waals surface area contributed by atoms with E-state index in [1.807, 2.05) is 11.0 Å². The molecule has 1 unspecified atom stereocenters. The first-order chi connectivity index (χ1) is 10.9. The van der Waals surface area contributed by atoms with Crippen molar-refractivity contribution in [1.82, 2.24) is 14.9 Å². The van der Waals surface area contributed by atoms with E-state index in [1.54, 1.807) is 6.33 Å². The Bertz CT molecular complexity index is 562. The maximum Gasteiger partial charge on any atom is 0.225 e. The fourth-order valence-corrected chi connectivity index (χ4v) is 3.38. The molecule has 2 aliphatic heterocycles. The van der Waals surface area contributed by atoms with Gasteiger partial charge in [0.15, 0.2) is 0 Å². The van der Waals surface area contributed by atoms with E-state index < -0.39 is 0 Å². The third-order valence-electron chi connectivity index (χ3n) is 4.62. The van der Waals surface area contributed by atoms with Gasteiger partial charge in [0.25, 0.3) is 0 Å². The summed E-state index contributed by atoms with van der Waals surface area (Å²) in [6, 6.07) is 2.13. The van der Waals surface area contributed by atoms with Crippen molar-refractivity contribution in [3.05, 3.63) is 12.4 Å². The maximum atomic E-state index is 12.2. The summed E-state index contributed by atoms with van der Waals surface area (Å²) < 4.78 is 0. The zero-order valence-electron chi connectivity index (χ0n) is 14.4. The largest absolute Gasteiger partial charge is 0.365 e. The molecule has 23 heavy (non-hydrogen) atoms. The quantitative estimate of drug-likeness (QED) is 0.927. The van der Waals surface area contributed by atoms with Gasteiger partial charge in [0.1, 0.15) is 18.0 Å². The minimum Gasteiger partial charge on any atom is -0.365 e. The molecule has 0 radical (unpaired) electrons.